The summed E-state index contributed by atoms with van der Waals surface area (Å²) in [5, 5.41) is 3.45. The van der Waals surface area contributed by atoms with Crippen LogP contribution in [0.25, 0.3) is 0 Å². The molecule has 0 aliphatic carbocycles. The third kappa shape index (κ3) is 3.04. The zero-order chi connectivity index (χ0) is 10.6. The van der Waals surface area contributed by atoms with Gasteiger partial charge in [0.2, 0.25) is 0 Å². The monoisotopic (exact) mass is 192 g/mol. The number of nitrogens with two attached hydrogens (primary N) is 1. The quantitative estimate of drug-likeness (QED) is 0.719. The van der Waals surface area contributed by atoms with E-state index in [-0.39, 0.29) is 0 Å². The molecule has 0 saturated heterocycles. The molecule has 14 heavy (non-hydrogen) atoms. The lowest BCUT2D eigenvalue weighted by Gasteiger charge is -2.11. The largest absolute Gasteiger partial charge is 0.399 e. The Morgan fingerprint density at radius 1 is 1.43 bits per heavy atom. The summed E-state index contributed by atoms with van der Waals surface area (Å²) in [6, 6.07) is 6.78. The van der Waals surface area contributed by atoms with Gasteiger partial charge in [0.15, 0.2) is 0 Å². The molecule has 78 valence electrons. The number of nitrogen functional groups attached to an aromatic ring is 1. The highest BCUT2D eigenvalue weighted by molar-refractivity contribution is 5.47. The minimum absolute atomic E-state index is 0.577. The summed E-state index contributed by atoms with van der Waals surface area (Å²) in [7, 11) is 0. The van der Waals surface area contributed by atoms with Crippen LogP contribution in [0.5, 0.6) is 0 Å². The first kappa shape index (κ1) is 11.1. The molecule has 2 nitrogen and oxygen atoms in total. The molecule has 1 unspecified atom stereocenters. The summed E-state index contributed by atoms with van der Waals surface area (Å²) in [4.78, 5) is 0. The highest BCUT2D eigenvalue weighted by Crippen LogP contribution is 2.12. The normalized spacial score (nSPS) is 12.8. The van der Waals surface area contributed by atoms with Crippen LogP contribution >= 0.6 is 0 Å². The summed E-state index contributed by atoms with van der Waals surface area (Å²) in [6.07, 6.45) is 1.16. The molecule has 1 aromatic carbocycles. The number of anilines is 1. The first-order valence-electron chi connectivity index (χ1n) is 5.22. The molecule has 1 aromatic rings. The standard InChI is InChI=1S/C12H20N2/c1-4-10(3)14-8-11-5-6-12(13)9(2)7-11/h5-7,10,14H,4,8,13H2,1-3H3. The lowest BCUT2D eigenvalue weighted by atomic mass is 10.1. The van der Waals surface area contributed by atoms with E-state index in [4.69, 9.17) is 5.73 Å². The first-order valence-corrected chi connectivity index (χ1v) is 5.22. The molecule has 0 aromatic heterocycles. The van der Waals surface area contributed by atoms with Crippen LogP contribution in [0.2, 0.25) is 0 Å². The highest BCUT2D eigenvalue weighted by atomic mass is 14.9. The first-order chi connectivity index (χ1) is 6.63. The summed E-state index contributed by atoms with van der Waals surface area (Å²) in [5.41, 5.74) is 9.09. The summed E-state index contributed by atoms with van der Waals surface area (Å²) in [6.45, 7) is 7.36. The van der Waals surface area contributed by atoms with E-state index in [2.05, 4.69) is 31.3 Å². The Bertz CT molecular complexity index is 294. The van der Waals surface area contributed by atoms with E-state index in [9.17, 15) is 0 Å². The van der Waals surface area contributed by atoms with Gasteiger partial charge in [0.05, 0.1) is 0 Å². The zero-order valence-electron chi connectivity index (χ0n) is 9.30. The van der Waals surface area contributed by atoms with E-state index in [1.54, 1.807) is 0 Å². The molecule has 0 aliphatic rings. The Morgan fingerprint density at radius 3 is 2.71 bits per heavy atom. The van der Waals surface area contributed by atoms with Gasteiger partial charge >= 0.3 is 0 Å². The summed E-state index contributed by atoms with van der Waals surface area (Å²) < 4.78 is 0. The van der Waals surface area contributed by atoms with Gasteiger partial charge in [-0.3, -0.25) is 0 Å². The third-order valence-corrected chi connectivity index (χ3v) is 2.60. The van der Waals surface area contributed by atoms with Gasteiger partial charge < -0.3 is 11.1 Å². The van der Waals surface area contributed by atoms with Crippen molar-refractivity contribution >= 4 is 5.69 Å². The van der Waals surface area contributed by atoms with E-state index in [1.807, 2.05) is 13.0 Å². The fourth-order valence-corrected chi connectivity index (χ4v) is 1.28. The van der Waals surface area contributed by atoms with Crippen molar-refractivity contribution in [2.75, 3.05) is 5.73 Å². The molecule has 0 fully saturated rings. The Balaban J connectivity index is 2.55. The predicted octanol–water partition coefficient (Wildman–Crippen LogP) is 2.47. The molecule has 0 spiro atoms. The fraction of sp³-hybridized carbons (Fsp3) is 0.500. The molecular formula is C12H20N2. The lowest BCUT2D eigenvalue weighted by Crippen LogP contribution is -2.24. The number of benzene rings is 1. The molecule has 0 aliphatic heterocycles. The van der Waals surface area contributed by atoms with E-state index in [0.29, 0.717) is 6.04 Å². The summed E-state index contributed by atoms with van der Waals surface area (Å²) in [5.74, 6) is 0. The maximum absolute atomic E-state index is 5.75. The Kier molecular flexibility index (Phi) is 3.96. The molecule has 0 heterocycles. The minimum atomic E-state index is 0.577. The van der Waals surface area contributed by atoms with Gasteiger partial charge in [-0.05, 0) is 37.5 Å². The van der Waals surface area contributed by atoms with E-state index in [1.165, 1.54) is 5.56 Å². The second kappa shape index (κ2) is 5.01. The SMILES string of the molecule is CCC(C)NCc1ccc(N)c(C)c1. The average Bonchev–Trinajstić information content (AvgIpc) is 2.19. The van der Waals surface area contributed by atoms with Crippen LogP contribution < -0.4 is 11.1 Å². The molecule has 0 bridgehead atoms. The molecule has 0 amide bonds. The maximum Gasteiger partial charge on any atom is 0.0343 e. The van der Waals surface area contributed by atoms with Crippen molar-refractivity contribution < 1.29 is 0 Å². The molecule has 0 radical (unpaired) electrons. The highest BCUT2D eigenvalue weighted by Gasteiger charge is 1.99. The molecule has 0 saturated carbocycles. The second-order valence-corrected chi connectivity index (χ2v) is 3.88. The number of rotatable bonds is 4. The Morgan fingerprint density at radius 2 is 2.14 bits per heavy atom. The van der Waals surface area contributed by atoms with Crippen molar-refractivity contribution in [3.8, 4) is 0 Å². The van der Waals surface area contributed by atoms with Crippen LogP contribution in [-0.4, -0.2) is 6.04 Å². The van der Waals surface area contributed by atoms with E-state index in [0.717, 1.165) is 24.2 Å². The molecule has 1 atom stereocenters. The average molecular weight is 192 g/mol. The van der Waals surface area contributed by atoms with Gasteiger partial charge in [0.25, 0.3) is 0 Å². The molecular weight excluding hydrogens is 172 g/mol. The van der Waals surface area contributed by atoms with Gasteiger partial charge in [0.1, 0.15) is 0 Å². The van der Waals surface area contributed by atoms with Crippen molar-refractivity contribution in [1.29, 1.82) is 0 Å². The zero-order valence-corrected chi connectivity index (χ0v) is 9.30. The van der Waals surface area contributed by atoms with Crippen molar-refractivity contribution in [2.45, 2.75) is 39.8 Å². The molecule has 2 heteroatoms. The Hall–Kier alpha value is -1.02. The molecule has 1 rings (SSSR count). The van der Waals surface area contributed by atoms with Crippen molar-refractivity contribution in [3.05, 3.63) is 29.3 Å². The van der Waals surface area contributed by atoms with Crippen molar-refractivity contribution in [1.82, 2.24) is 5.32 Å². The maximum atomic E-state index is 5.75. The topological polar surface area (TPSA) is 38.0 Å². The fourth-order valence-electron chi connectivity index (χ4n) is 1.28. The third-order valence-electron chi connectivity index (χ3n) is 2.60. The van der Waals surface area contributed by atoms with Crippen molar-refractivity contribution in [3.63, 3.8) is 0 Å². The van der Waals surface area contributed by atoms with Crippen LogP contribution in [0.3, 0.4) is 0 Å². The van der Waals surface area contributed by atoms with Crippen molar-refractivity contribution in [2.24, 2.45) is 0 Å². The van der Waals surface area contributed by atoms with E-state index < -0.39 is 0 Å². The predicted molar refractivity (Wildman–Crippen MR) is 62.2 cm³/mol. The van der Waals surface area contributed by atoms with Crippen LogP contribution in [0.15, 0.2) is 18.2 Å². The van der Waals surface area contributed by atoms with E-state index >= 15 is 0 Å². The molecule has 3 N–H and O–H groups in total. The van der Waals surface area contributed by atoms with Gasteiger partial charge in [-0.2, -0.15) is 0 Å². The van der Waals surface area contributed by atoms with Gasteiger partial charge in [0, 0.05) is 18.3 Å². The second-order valence-electron chi connectivity index (χ2n) is 3.88. The van der Waals surface area contributed by atoms with Gasteiger partial charge in [-0.1, -0.05) is 19.1 Å². The number of hydrogen-bond acceptors (Lipinski definition) is 2. The van der Waals surface area contributed by atoms with Crippen LogP contribution in [0, 0.1) is 6.92 Å². The summed E-state index contributed by atoms with van der Waals surface area (Å²) >= 11 is 0. The number of nitrogens with one attached hydrogen (secondary N) is 1. The number of aryl methyl sites for hydroxylation is 1. The van der Waals surface area contributed by atoms with Gasteiger partial charge in [-0.15, -0.1) is 0 Å². The van der Waals surface area contributed by atoms with Crippen LogP contribution in [0.4, 0.5) is 5.69 Å². The van der Waals surface area contributed by atoms with Crippen LogP contribution in [0.1, 0.15) is 31.4 Å². The van der Waals surface area contributed by atoms with Crippen LogP contribution in [-0.2, 0) is 6.54 Å². The van der Waals surface area contributed by atoms with Gasteiger partial charge in [-0.25, -0.2) is 0 Å². The lowest BCUT2D eigenvalue weighted by molar-refractivity contribution is 0.534. The minimum Gasteiger partial charge on any atom is -0.399 e. The Labute approximate surface area is 86.5 Å². The number of hydrogen-bond donors (Lipinski definition) is 2. The smallest absolute Gasteiger partial charge is 0.0343 e.